The number of nitrogens with zero attached hydrogens (tertiary/aromatic N) is 6. The Morgan fingerprint density at radius 1 is 1.23 bits per heavy atom. The third-order valence-electron chi connectivity index (χ3n) is 6.74. The molecule has 0 unspecified atom stereocenters. The van der Waals surface area contributed by atoms with Gasteiger partial charge in [-0.25, -0.2) is 13.9 Å². The summed E-state index contributed by atoms with van der Waals surface area (Å²) in [5.74, 6) is -0.607. The molecule has 0 saturated carbocycles. The Kier molecular flexibility index (Phi) is 7.99. The first-order valence-electron chi connectivity index (χ1n) is 12.8. The summed E-state index contributed by atoms with van der Waals surface area (Å²) in [6.07, 6.45) is 3.88. The van der Waals surface area contributed by atoms with Crippen LogP contribution in [-0.4, -0.2) is 65.5 Å². The van der Waals surface area contributed by atoms with Crippen LogP contribution in [-0.2, 0) is 21.0 Å². The normalized spacial score (nSPS) is 18.0. The molecule has 2 aliphatic rings. The van der Waals surface area contributed by atoms with Crippen LogP contribution < -0.4 is 15.1 Å². The van der Waals surface area contributed by atoms with Gasteiger partial charge in [0.1, 0.15) is 24.2 Å². The van der Waals surface area contributed by atoms with Crippen LogP contribution in [0.3, 0.4) is 0 Å². The number of rotatable bonds is 9. The van der Waals surface area contributed by atoms with Crippen molar-refractivity contribution in [3.8, 4) is 0 Å². The fourth-order valence-electron chi connectivity index (χ4n) is 4.69. The molecule has 39 heavy (non-hydrogen) atoms. The zero-order valence-electron chi connectivity index (χ0n) is 21.6. The number of amides is 2. The van der Waals surface area contributed by atoms with Crippen LogP contribution in [0.1, 0.15) is 37.1 Å². The summed E-state index contributed by atoms with van der Waals surface area (Å²) in [5.41, 5.74) is 2.54. The second-order valence-corrected chi connectivity index (χ2v) is 9.52. The maximum Gasteiger partial charge on any atom is 0.414 e. The van der Waals surface area contributed by atoms with E-state index in [1.807, 2.05) is 46.1 Å². The monoisotopic (exact) mass is 535 g/mol. The topological polar surface area (TPSA) is 114 Å². The van der Waals surface area contributed by atoms with E-state index in [4.69, 9.17) is 9.57 Å². The first-order valence-corrected chi connectivity index (χ1v) is 12.8. The van der Waals surface area contributed by atoms with E-state index in [2.05, 4.69) is 20.8 Å². The SMILES string of the molecule is CC(=O)NC[C@H]1CN(c2ccc(N3CCC(n4cc(C=NOCc5ccccc5)nn4)CC3)c(F)c2)C(=O)O1. The molecule has 3 heterocycles. The van der Waals surface area contributed by atoms with Crippen molar-refractivity contribution in [2.24, 2.45) is 5.16 Å². The summed E-state index contributed by atoms with van der Waals surface area (Å²) >= 11 is 0. The summed E-state index contributed by atoms with van der Waals surface area (Å²) < 4.78 is 22.2. The van der Waals surface area contributed by atoms with E-state index in [9.17, 15) is 9.59 Å². The summed E-state index contributed by atoms with van der Waals surface area (Å²) in [7, 11) is 0. The van der Waals surface area contributed by atoms with E-state index in [1.54, 1.807) is 12.1 Å². The maximum atomic E-state index is 15.1. The quantitative estimate of drug-likeness (QED) is 0.330. The number of ether oxygens (including phenoxy) is 1. The number of carbonyl (C=O) groups is 2. The molecule has 2 fully saturated rings. The van der Waals surface area contributed by atoms with Gasteiger partial charge in [0.15, 0.2) is 0 Å². The molecule has 0 bridgehead atoms. The molecular formula is C27H30FN7O4. The van der Waals surface area contributed by atoms with Gasteiger partial charge in [-0.05, 0) is 36.6 Å². The van der Waals surface area contributed by atoms with Crippen molar-refractivity contribution < 1.29 is 23.6 Å². The van der Waals surface area contributed by atoms with Gasteiger partial charge in [0.2, 0.25) is 5.91 Å². The molecule has 5 rings (SSSR count). The van der Waals surface area contributed by atoms with Gasteiger partial charge in [-0.3, -0.25) is 9.69 Å². The Bertz CT molecular complexity index is 1320. The molecule has 2 aromatic carbocycles. The summed E-state index contributed by atoms with van der Waals surface area (Å²) in [6.45, 7) is 3.53. The second-order valence-electron chi connectivity index (χ2n) is 9.52. The maximum absolute atomic E-state index is 15.1. The van der Waals surface area contributed by atoms with Gasteiger partial charge in [-0.1, -0.05) is 40.7 Å². The number of carbonyl (C=O) groups excluding carboxylic acids is 2. The molecule has 1 atom stereocenters. The number of oxime groups is 1. The minimum atomic E-state index is -0.557. The minimum absolute atomic E-state index is 0.142. The molecule has 12 heteroatoms. The third-order valence-corrected chi connectivity index (χ3v) is 6.74. The lowest BCUT2D eigenvalue weighted by Gasteiger charge is -2.33. The van der Waals surface area contributed by atoms with Crippen molar-refractivity contribution in [3.05, 3.63) is 71.8 Å². The lowest BCUT2D eigenvalue weighted by molar-refractivity contribution is -0.119. The van der Waals surface area contributed by atoms with Crippen LogP contribution >= 0.6 is 0 Å². The zero-order chi connectivity index (χ0) is 27.2. The molecule has 2 saturated heterocycles. The molecule has 0 spiro atoms. The molecule has 2 aliphatic heterocycles. The largest absolute Gasteiger partial charge is 0.442 e. The third kappa shape index (κ3) is 6.51. The molecular weight excluding hydrogens is 505 g/mol. The number of piperidine rings is 1. The number of aromatic nitrogens is 3. The van der Waals surface area contributed by atoms with Crippen molar-refractivity contribution in [1.29, 1.82) is 0 Å². The van der Waals surface area contributed by atoms with Crippen LogP contribution in [0, 0.1) is 5.82 Å². The van der Waals surface area contributed by atoms with Gasteiger partial charge in [0, 0.05) is 20.0 Å². The Morgan fingerprint density at radius 3 is 2.77 bits per heavy atom. The summed E-state index contributed by atoms with van der Waals surface area (Å²) in [5, 5.41) is 15.0. The lowest BCUT2D eigenvalue weighted by Crippen LogP contribution is -2.35. The zero-order valence-corrected chi connectivity index (χ0v) is 21.6. The Hall–Kier alpha value is -4.48. The van der Waals surface area contributed by atoms with Crippen molar-refractivity contribution in [2.75, 3.05) is 36.0 Å². The second kappa shape index (κ2) is 11.9. The van der Waals surface area contributed by atoms with Gasteiger partial charge in [-0.15, -0.1) is 5.10 Å². The average Bonchev–Trinajstić information content (AvgIpc) is 3.57. The van der Waals surface area contributed by atoms with Crippen LogP contribution in [0.5, 0.6) is 0 Å². The van der Waals surface area contributed by atoms with Crippen molar-refractivity contribution in [1.82, 2.24) is 20.3 Å². The van der Waals surface area contributed by atoms with Crippen LogP contribution in [0.2, 0.25) is 0 Å². The number of hydrogen-bond acceptors (Lipinski definition) is 8. The van der Waals surface area contributed by atoms with Gasteiger partial charge in [0.25, 0.3) is 0 Å². The Morgan fingerprint density at radius 2 is 2.03 bits per heavy atom. The fourth-order valence-corrected chi connectivity index (χ4v) is 4.69. The summed E-state index contributed by atoms with van der Waals surface area (Å²) in [4.78, 5) is 32.1. The molecule has 1 aromatic heterocycles. The standard InChI is InChI=1S/C27H30FN7O4/c1-19(36)29-15-24-17-34(27(37)39-24)23-7-8-26(25(28)13-23)33-11-9-22(10-12-33)35-16-21(31-32-35)14-30-38-18-20-5-3-2-4-6-20/h2-8,13-14,16,22,24H,9-12,15,17-18H2,1H3,(H,29,36)/t24-/m0/s1. The molecule has 204 valence electrons. The number of halogens is 1. The van der Waals surface area contributed by atoms with Crippen molar-refractivity contribution in [3.63, 3.8) is 0 Å². The highest BCUT2D eigenvalue weighted by Gasteiger charge is 2.33. The van der Waals surface area contributed by atoms with Crippen molar-refractivity contribution >= 4 is 29.6 Å². The first kappa shape index (κ1) is 26.1. The number of cyclic esters (lactones) is 1. The average molecular weight is 536 g/mol. The van der Waals surface area contributed by atoms with Gasteiger partial charge >= 0.3 is 6.09 Å². The smallest absolute Gasteiger partial charge is 0.414 e. The lowest BCUT2D eigenvalue weighted by atomic mass is 10.0. The predicted molar refractivity (Wildman–Crippen MR) is 142 cm³/mol. The van der Waals surface area contributed by atoms with Gasteiger partial charge in [-0.2, -0.15) is 0 Å². The number of hydrogen-bond donors (Lipinski definition) is 1. The van der Waals surface area contributed by atoms with Crippen molar-refractivity contribution in [2.45, 2.75) is 38.5 Å². The highest BCUT2D eigenvalue weighted by atomic mass is 19.1. The summed E-state index contributed by atoms with van der Waals surface area (Å²) in [6, 6.07) is 14.7. The van der Waals surface area contributed by atoms with E-state index in [0.29, 0.717) is 36.8 Å². The molecule has 0 aliphatic carbocycles. The van der Waals surface area contributed by atoms with E-state index in [0.717, 1.165) is 18.4 Å². The number of anilines is 2. The number of nitrogens with one attached hydrogen (secondary N) is 1. The van der Waals surface area contributed by atoms with Gasteiger partial charge in [0.05, 0.1) is 42.9 Å². The molecule has 1 N–H and O–H groups in total. The van der Waals surface area contributed by atoms with Gasteiger partial charge < -0.3 is 19.8 Å². The number of benzene rings is 2. The molecule has 0 radical (unpaired) electrons. The highest BCUT2D eigenvalue weighted by molar-refractivity contribution is 5.90. The van der Waals surface area contributed by atoms with E-state index in [1.165, 1.54) is 24.1 Å². The first-order chi connectivity index (χ1) is 19.0. The Balaban J connectivity index is 1.12. The van der Waals surface area contributed by atoms with E-state index >= 15 is 4.39 Å². The van der Waals surface area contributed by atoms with E-state index < -0.39 is 18.0 Å². The van der Waals surface area contributed by atoms with Crippen LogP contribution in [0.4, 0.5) is 20.6 Å². The molecule has 11 nitrogen and oxygen atoms in total. The molecule has 2 amide bonds. The van der Waals surface area contributed by atoms with E-state index in [-0.39, 0.29) is 25.0 Å². The van der Waals surface area contributed by atoms with Crippen LogP contribution in [0.25, 0.3) is 0 Å². The molecule has 3 aromatic rings. The van der Waals surface area contributed by atoms with Crippen LogP contribution in [0.15, 0.2) is 59.9 Å². The highest BCUT2D eigenvalue weighted by Crippen LogP contribution is 2.31. The predicted octanol–water partition coefficient (Wildman–Crippen LogP) is 3.27. The minimum Gasteiger partial charge on any atom is -0.442 e. The Labute approximate surface area is 225 Å². The fraction of sp³-hybridized carbons (Fsp3) is 0.370.